The van der Waals surface area contributed by atoms with Crippen molar-refractivity contribution >= 4 is 8.41 Å². The van der Waals surface area contributed by atoms with Gasteiger partial charge in [0.25, 0.3) is 0 Å². The summed E-state index contributed by atoms with van der Waals surface area (Å²) in [6.45, 7) is 0. The van der Waals surface area contributed by atoms with E-state index < -0.39 is 0 Å². The van der Waals surface area contributed by atoms with Gasteiger partial charge in [0.1, 0.15) is 0 Å². The third kappa shape index (κ3) is 9.20. The smallest absolute Gasteiger partial charge is 0 e. The minimum atomic E-state index is 0. The Hall–Kier alpha value is 1.79. The van der Waals surface area contributed by atoms with Gasteiger partial charge >= 0.3 is 0 Å². The zero-order valence-corrected chi connectivity index (χ0v) is 5.69. The van der Waals surface area contributed by atoms with E-state index in [9.17, 15) is 0 Å². The summed E-state index contributed by atoms with van der Waals surface area (Å²) in [5, 5.41) is 0. The summed E-state index contributed by atoms with van der Waals surface area (Å²) >= 11 is 0. The van der Waals surface area contributed by atoms with E-state index in [1.807, 2.05) is 0 Å². The Morgan fingerprint density at radius 1 is 1.00 bits per heavy atom. The molecule has 0 spiro atoms. The zero-order valence-electron chi connectivity index (χ0n) is 1.64. The molecule has 0 saturated heterocycles. The van der Waals surface area contributed by atoms with E-state index >= 15 is 0 Å². The van der Waals surface area contributed by atoms with Crippen molar-refractivity contribution < 1.29 is 55.2 Å². The summed E-state index contributed by atoms with van der Waals surface area (Å²) in [4.78, 5) is 0. The fraction of sp³-hybridized carbons (Fsp3) is 0. The minimum absolute atomic E-state index is 0. The molecule has 0 unspecified atom stereocenters. The van der Waals surface area contributed by atoms with Crippen molar-refractivity contribution in [1.82, 2.24) is 0 Å². The van der Waals surface area contributed by atoms with E-state index in [2.05, 4.69) is 0 Å². The molecule has 0 aliphatic rings. The van der Waals surface area contributed by atoms with Crippen LogP contribution < -0.4 is 0 Å². The van der Waals surface area contributed by atoms with Crippen LogP contribution in [0.3, 0.4) is 0 Å². The van der Waals surface area contributed by atoms with Crippen LogP contribution in [0.4, 0.5) is 0 Å². The van der Waals surface area contributed by atoms with Crippen molar-refractivity contribution in [3.8, 4) is 0 Å². The molecule has 4 heteroatoms. The molecule has 0 atom stereocenters. The molecule has 28 valence electrons. The number of hydrogen-bond acceptors (Lipinski definition) is 0. The minimum Gasteiger partial charge on any atom is 0 e. The van der Waals surface area contributed by atoms with Gasteiger partial charge in [-0.05, 0) is 0 Å². The van der Waals surface area contributed by atoms with Crippen molar-refractivity contribution in [1.29, 1.82) is 0 Å². The summed E-state index contributed by atoms with van der Waals surface area (Å²) in [6.07, 6.45) is 0. The molecule has 4 radical (unpaired) electrons. The van der Waals surface area contributed by atoms with Gasteiger partial charge in [-0.2, -0.15) is 0 Å². The second-order valence-electron chi connectivity index (χ2n) is 0. The molecule has 4 heavy (non-hydrogen) atoms. The molecule has 0 aromatic carbocycles. The first kappa shape index (κ1) is 41.4. The van der Waals surface area contributed by atoms with Crippen LogP contribution in [0.2, 0.25) is 0 Å². The summed E-state index contributed by atoms with van der Waals surface area (Å²) in [5.74, 6) is 0. The van der Waals surface area contributed by atoms with Gasteiger partial charge in [0, 0.05) is 63.6 Å². The molecule has 0 bridgehead atoms. The third-order valence-electron chi connectivity index (χ3n) is 0. The summed E-state index contributed by atoms with van der Waals surface area (Å²) in [5.41, 5.74) is 0. The maximum Gasteiger partial charge on any atom is 0 e. The molecule has 0 saturated carbocycles. The molecule has 0 N–H and O–H groups in total. The van der Waals surface area contributed by atoms with Crippen LogP contribution in [0.25, 0.3) is 0 Å². The molecular weight excluding hydrogens is 226 g/mol. The quantitative estimate of drug-likeness (QED) is 0.494. The Morgan fingerprint density at radius 2 is 1.00 bits per heavy atom. The summed E-state index contributed by atoms with van der Waals surface area (Å²) in [6, 6.07) is 0. The molecule has 0 nitrogen and oxygen atoms in total. The zero-order chi connectivity index (χ0) is 0. The van der Waals surface area contributed by atoms with Crippen LogP contribution in [-0.4, -0.2) is 8.41 Å². The Balaban J connectivity index is 0. The van der Waals surface area contributed by atoms with Crippen LogP contribution in [0, 0.1) is 0 Å². The van der Waals surface area contributed by atoms with Crippen LogP contribution >= 0.6 is 0 Å². The van der Waals surface area contributed by atoms with Crippen LogP contribution in [0.5, 0.6) is 0 Å². The Morgan fingerprint density at radius 3 is 1.00 bits per heavy atom. The maximum absolute atomic E-state index is 0. The predicted molar refractivity (Wildman–Crippen MR) is 5.75 cm³/mol. The van der Waals surface area contributed by atoms with Gasteiger partial charge in [0.2, 0.25) is 0 Å². The van der Waals surface area contributed by atoms with Crippen LogP contribution in [0.1, 0.15) is 0 Å². The van der Waals surface area contributed by atoms with Gasteiger partial charge in [-0.1, -0.05) is 0 Å². The average Bonchev–Trinajstić information content (AvgIpc) is 0. The van der Waals surface area contributed by atoms with Gasteiger partial charge in [-0.25, -0.2) is 0 Å². The third-order valence-corrected chi connectivity index (χ3v) is 0. The number of rotatable bonds is 0. The Labute approximate surface area is 63.3 Å². The standard InChI is InChI=1S/B.Cu.Fe.Mo. The first-order valence-electron chi connectivity index (χ1n) is 0. The second-order valence-corrected chi connectivity index (χ2v) is 0. The van der Waals surface area contributed by atoms with Crippen molar-refractivity contribution in [2.45, 2.75) is 0 Å². The van der Waals surface area contributed by atoms with E-state index in [0.29, 0.717) is 0 Å². The molecular formula is BCuFeMo. The average molecular weight is 226 g/mol. The SMILES string of the molecule is [B].[Cu].[Fe].[Mo]. The molecule has 0 aromatic heterocycles. The molecule has 0 aromatic rings. The largest absolute Gasteiger partial charge is 0 e. The molecule has 0 aliphatic carbocycles. The van der Waals surface area contributed by atoms with Gasteiger partial charge in [0.05, 0.1) is 0 Å². The van der Waals surface area contributed by atoms with Gasteiger partial charge < -0.3 is 0 Å². The van der Waals surface area contributed by atoms with Crippen molar-refractivity contribution in [3.05, 3.63) is 0 Å². The normalized spacial score (nSPS) is 0. The van der Waals surface area contributed by atoms with E-state index in [4.69, 9.17) is 0 Å². The fourth-order valence-corrected chi connectivity index (χ4v) is 0. The van der Waals surface area contributed by atoms with Crippen LogP contribution in [-0.2, 0) is 55.2 Å². The molecule has 0 heterocycles. The molecule has 0 amide bonds. The van der Waals surface area contributed by atoms with E-state index in [0.717, 1.165) is 0 Å². The molecule has 0 fully saturated rings. The predicted octanol–water partition coefficient (Wildman–Crippen LogP) is -0.388. The van der Waals surface area contributed by atoms with Crippen molar-refractivity contribution in [3.63, 3.8) is 0 Å². The first-order chi connectivity index (χ1) is 0. The Kier molecular flexibility index (Phi) is 222. The molecule has 0 aliphatic heterocycles. The summed E-state index contributed by atoms with van der Waals surface area (Å²) < 4.78 is 0. The monoisotopic (exact) mass is 228 g/mol. The van der Waals surface area contributed by atoms with E-state index in [1.54, 1.807) is 0 Å². The van der Waals surface area contributed by atoms with Gasteiger partial charge in [-0.15, -0.1) is 0 Å². The molecule has 0 rings (SSSR count). The van der Waals surface area contributed by atoms with Gasteiger partial charge in [0.15, 0.2) is 0 Å². The van der Waals surface area contributed by atoms with Crippen molar-refractivity contribution in [2.24, 2.45) is 0 Å². The fourth-order valence-electron chi connectivity index (χ4n) is 0. The maximum atomic E-state index is 0. The van der Waals surface area contributed by atoms with Crippen LogP contribution in [0.15, 0.2) is 0 Å². The van der Waals surface area contributed by atoms with Gasteiger partial charge in [-0.3, -0.25) is 0 Å². The Bertz CT molecular complexity index is 8.00. The van der Waals surface area contributed by atoms with E-state index in [-0.39, 0.29) is 63.6 Å². The van der Waals surface area contributed by atoms with Crippen molar-refractivity contribution in [2.75, 3.05) is 0 Å². The second kappa shape index (κ2) is 21.5. The first-order valence-corrected chi connectivity index (χ1v) is 0. The van der Waals surface area contributed by atoms with E-state index in [1.165, 1.54) is 0 Å². The topological polar surface area (TPSA) is 0 Å². The summed E-state index contributed by atoms with van der Waals surface area (Å²) in [7, 11) is 0. The number of hydrogen-bond donors (Lipinski definition) is 0.